The Kier molecular flexibility index (Phi) is 3.68. The average Bonchev–Trinajstić information content (AvgIpc) is 3.05. The molecule has 0 N–H and O–H groups in total. The zero-order valence-corrected chi connectivity index (χ0v) is 13.6. The summed E-state index contributed by atoms with van der Waals surface area (Å²) in [6.45, 7) is 2.24. The highest BCUT2D eigenvalue weighted by molar-refractivity contribution is 6.30. The molecule has 0 unspecified atom stereocenters. The van der Waals surface area contributed by atoms with E-state index in [2.05, 4.69) is 26.7 Å². The Labute approximate surface area is 144 Å². The minimum Gasteiger partial charge on any atom is -0.346 e. The quantitative estimate of drug-likeness (QED) is 0.719. The fraction of sp³-hybridized carbons (Fsp3) is 0.167. The van der Waals surface area contributed by atoms with E-state index < -0.39 is 0 Å². The van der Waals surface area contributed by atoms with Crippen LogP contribution in [0.1, 0.15) is 11.4 Å². The van der Waals surface area contributed by atoms with Crippen LogP contribution in [0.2, 0.25) is 5.02 Å². The number of fused-ring (bicyclic) bond motifs is 1. The third-order valence-corrected chi connectivity index (χ3v) is 4.36. The Hall–Kier alpha value is -2.84. The van der Waals surface area contributed by atoms with Crippen molar-refractivity contribution in [2.75, 3.05) is 11.4 Å². The van der Waals surface area contributed by atoms with Gasteiger partial charge < -0.3 is 9.47 Å². The largest absolute Gasteiger partial charge is 0.346 e. The predicted molar refractivity (Wildman–Crippen MR) is 92.7 cm³/mol. The van der Waals surface area contributed by atoms with Gasteiger partial charge >= 0.3 is 0 Å². The van der Waals surface area contributed by atoms with Crippen LogP contribution in [0.15, 0.2) is 48.8 Å². The van der Waals surface area contributed by atoms with Crippen LogP contribution in [0, 0.1) is 11.3 Å². The van der Waals surface area contributed by atoms with Gasteiger partial charge in [0, 0.05) is 36.1 Å². The topological polar surface area (TPSA) is 57.7 Å². The Morgan fingerprint density at radius 2 is 2.08 bits per heavy atom. The van der Waals surface area contributed by atoms with Crippen LogP contribution in [0.3, 0.4) is 0 Å². The van der Waals surface area contributed by atoms with E-state index in [0.717, 1.165) is 36.0 Å². The highest BCUT2D eigenvalue weighted by Gasteiger charge is 2.22. The maximum Gasteiger partial charge on any atom is 0.146 e. The first kappa shape index (κ1) is 14.7. The summed E-state index contributed by atoms with van der Waals surface area (Å²) in [5, 5.41) is 9.97. The van der Waals surface area contributed by atoms with Crippen LogP contribution in [0.25, 0.3) is 11.3 Å². The molecule has 118 valence electrons. The number of pyridine rings is 1. The van der Waals surface area contributed by atoms with E-state index in [9.17, 15) is 5.26 Å². The molecule has 0 saturated carbocycles. The van der Waals surface area contributed by atoms with E-state index in [1.807, 2.05) is 24.3 Å². The Morgan fingerprint density at radius 1 is 1.17 bits per heavy atom. The number of nitriles is 1. The third-order valence-electron chi connectivity index (χ3n) is 4.13. The lowest BCUT2D eigenvalue weighted by Gasteiger charge is -2.28. The van der Waals surface area contributed by atoms with Crippen molar-refractivity contribution in [1.29, 1.82) is 5.26 Å². The van der Waals surface area contributed by atoms with Gasteiger partial charge in [0.25, 0.3) is 0 Å². The van der Waals surface area contributed by atoms with Crippen molar-refractivity contribution in [3.05, 3.63) is 65.2 Å². The minimum absolute atomic E-state index is 0.590. The Morgan fingerprint density at radius 3 is 2.92 bits per heavy atom. The molecule has 1 aliphatic heterocycles. The molecule has 0 aliphatic carbocycles. The smallest absolute Gasteiger partial charge is 0.146 e. The molecule has 0 fully saturated rings. The number of benzene rings is 1. The SMILES string of the molecule is N#Cc1cccnc1N1CCn2cc(-c3cccc(Cl)c3)nc2C1. The lowest BCUT2D eigenvalue weighted by Crippen LogP contribution is -2.34. The van der Waals surface area contributed by atoms with Gasteiger partial charge in [-0.2, -0.15) is 5.26 Å². The molecule has 5 nitrogen and oxygen atoms in total. The zero-order chi connectivity index (χ0) is 16.5. The van der Waals surface area contributed by atoms with Crippen LogP contribution < -0.4 is 4.90 Å². The van der Waals surface area contributed by atoms with Crippen molar-refractivity contribution in [2.45, 2.75) is 13.1 Å². The zero-order valence-electron chi connectivity index (χ0n) is 12.9. The molecule has 24 heavy (non-hydrogen) atoms. The second-order valence-electron chi connectivity index (χ2n) is 5.65. The van der Waals surface area contributed by atoms with Crippen LogP contribution in [0.4, 0.5) is 5.82 Å². The lowest BCUT2D eigenvalue weighted by molar-refractivity contribution is 0.556. The van der Waals surface area contributed by atoms with Gasteiger partial charge in [-0.05, 0) is 24.3 Å². The van der Waals surface area contributed by atoms with Crippen LogP contribution in [-0.4, -0.2) is 21.1 Å². The van der Waals surface area contributed by atoms with E-state index in [1.165, 1.54) is 0 Å². The van der Waals surface area contributed by atoms with Crippen molar-refractivity contribution in [1.82, 2.24) is 14.5 Å². The normalized spacial score (nSPS) is 13.4. The van der Waals surface area contributed by atoms with Gasteiger partial charge in [-0.25, -0.2) is 9.97 Å². The molecule has 6 heteroatoms. The molecule has 3 aromatic rings. The van der Waals surface area contributed by atoms with Crippen molar-refractivity contribution >= 4 is 17.4 Å². The molecule has 1 aromatic carbocycles. The molecular formula is C18H14ClN5. The highest BCUT2D eigenvalue weighted by atomic mass is 35.5. The third kappa shape index (κ3) is 2.61. The van der Waals surface area contributed by atoms with Crippen molar-refractivity contribution in [3.63, 3.8) is 0 Å². The maximum absolute atomic E-state index is 9.27. The second kappa shape index (κ2) is 5.99. The summed E-state index contributed by atoms with van der Waals surface area (Å²) in [6, 6.07) is 13.5. The minimum atomic E-state index is 0.590. The second-order valence-corrected chi connectivity index (χ2v) is 6.09. The molecule has 0 radical (unpaired) electrons. The van der Waals surface area contributed by atoms with E-state index in [1.54, 1.807) is 18.3 Å². The van der Waals surface area contributed by atoms with Crippen LogP contribution in [0.5, 0.6) is 0 Å². The summed E-state index contributed by atoms with van der Waals surface area (Å²) in [5.74, 6) is 1.68. The number of hydrogen-bond donors (Lipinski definition) is 0. The highest BCUT2D eigenvalue weighted by Crippen LogP contribution is 2.26. The first-order valence-corrected chi connectivity index (χ1v) is 8.04. The summed E-state index contributed by atoms with van der Waals surface area (Å²) in [7, 11) is 0. The summed E-state index contributed by atoms with van der Waals surface area (Å²) in [6.07, 6.45) is 3.77. The summed E-state index contributed by atoms with van der Waals surface area (Å²) in [4.78, 5) is 11.2. The monoisotopic (exact) mass is 335 g/mol. The molecule has 0 atom stereocenters. The maximum atomic E-state index is 9.27. The van der Waals surface area contributed by atoms with Gasteiger partial charge in [-0.3, -0.25) is 0 Å². The summed E-state index contributed by atoms with van der Waals surface area (Å²) in [5.41, 5.74) is 2.51. The number of hydrogen-bond acceptors (Lipinski definition) is 4. The van der Waals surface area contributed by atoms with E-state index in [-0.39, 0.29) is 0 Å². The Balaban J connectivity index is 1.66. The number of nitrogens with zero attached hydrogens (tertiary/aromatic N) is 5. The number of rotatable bonds is 2. The fourth-order valence-electron chi connectivity index (χ4n) is 2.96. The lowest BCUT2D eigenvalue weighted by atomic mass is 10.2. The van der Waals surface area contributed by atoms with E-state index in [0.29, 0.717) is 17.1 Å². The molecule has 4 rings (SSSR count). The average molecular weight is 336 g/mol. The van der Waals surface area contributed by atoms with Gasteiger partial charge in [-0.1, -0.05) is 23.7 Å². The standard InChI is InChI=1S/C18H14ClN5/c19-15-5-1-3-13(9-15)16-11-23-7-8-24(12-17(23)22-16)18-14(10-20)4-2-6-21-18/h1-6,9,11H,7-8,12H2. The van der Waals surface area contributed by atoms with Gasteiger partial charge in [0.15, 0.2) is 0 Å². The first-order chi connectivity index (χ1) is 11.7. The van der Waals surface area contributed by atoms with Gasteiger partial charge in [-0.15, -0.1) is 0 Å². The van der Waals surface area contributed by atoms with Crippen LogP contribution >= 0.6 is 11.6 Å². The molecular weight excluding hydrogens is 322 g/mol. The number of imidazole rings is 1. The van der Waals surface area contributed by atoms with E-state index in [4.69, 9.17) is 16.6 Å². The fourth-order valence-corrected chi connectivity index (χ4v) is 3.15. The molecule has 0 amide bonds. The number of anilines is 1. The number of halogens is 1. The first-order valence-electron chi connectivity index (χ1n) is 7.66. The van der Waals surface area contributed by atoms with Gasteiger partial charge in [0.1, 0.15) is 17.7 Å². The molecule has 0 spiro atoms. The molecule has 1 aliphatic rings. The predicted octanol–water partition coefficient (Wildman–Crippen LogP) is 3.49. The molecule has 0 bridgehead atoms. The number of aromatic nitrogens is 3. The Bertz CT molecular complexity index is 941. The molecule has 2 aromatic heterocycles. The van der Waals surface area contributed by atoms with Crippen molar-refractivity contribution in [3.8, 4) is 17.3 Å². The molecule has 0 saturated heterocycles. The van der Waals surface area contributed by atoms with Crippen molar-refractivity contribution < 1.29 is 0 Å². The van der Waals surface area contributed by atoms with Gasteiger partial charge in [0.2, 0.25) is 0 Å². The summed E-state index contributed by atoms with van der Waals surface area (Å²) < 4.78 is 2.15. The van der Waals surface area contributed by atoms with E-state index >= 15 is 0 Å². The van der Waals surface area contributed by atoms with Crippen LogP contribution in [-0.2, 0) is 13.1 Å². The molecule has 3 heterocycles. The van der Waals surface area contributed by atoms with Gasteiger partial charge in [0.05, 0.1) is 17.8 Å². The summed E-state index contributed by atoms with van der Waals surface area (Å²) >= 11 is 6.08. The van der Waals surface area contributed by atoms with Crippen molar-refractivity contribution in [2.24, 2.45) is 0 Å².